The monoisotopic (exact) mass is 324 g/mol. The molecule has 0 radical (unpaired) electrons. The fourth-order valence-electron chi connectivity index (χ4n) is 2.60. The normalized spacial score (nSPS) is 15.0. The number of carbonyl (C=O) groups is 1. The van der Waals surface area contributed by atoms with Gasteiger partial charge in [-0.1, -0.05) is 31.2 Å². The number of rotatable bonds is 5. The van der Waals surface area contributed by atoms with Crippen LogP contribution < -0.4 is 0 Å². The summed E-state index contributed by atoms with van der Waals surface area (Å²) in [5.74, 6) is -0.220. The van der Waals surface area contributed by atoms with E-state index in [0.29, 0.717) is 4.90 Å². The summed E-state index contributed by atoms with van der Waals surface area (Å²) < 4.78 is 0. The second-order valence-electron chi connectivity index (χ2n) is 5.58. The first-order chi connectivity index (χ1) is 11.1. The molecular weight excluding hydrogens is 308 g/mol. The Morgan fingerprint density at radius 3 is 2.57 bits per heavy atom. The third-order valence-electron chi connectivity index (χ3n) is 4.09. The van der Waals surface area contributed by atoms with Crippen LogP contribution in [0.1, 0.15) is 35.8 Å². The number of nitrogens with zero attached hydrogens (tertiary/aromatic N) is 2. The maximum atomic E-state index is 11.2. The highest BCUT2D eigenvalue weighted by Gasteiger charge is 2.44. The van der Waals surface area contributed by atoms with Crippen molar-refractivity contribution in [2.24, 2.45) is 0 Å². The van der Waals surface area contributed by atoms with Crippen LogP contribution in [0, 0.1) is 11.3 Å². The van der Waals surface area contributed by atoms with Gasteiger partial charge in [0.1, 0.15) is 0 Å². The van der Waals surface area contributed by atoms with Gasteiger partial charge >= 0.3 is 5.97 Å². The molecule has 5 heteroatoms. The SMILES string of the molecule is CCSc1cc(-c2ccc(C3(C#N)CC3)cc2)cnc1C(=O)O. The van der Waals surface area contributed by atoms with Crippen molar-refractivity contribution in [1.82, 2.24) is 4.98 Å². The van der Waals surface area contributed by atoms with Crippen LogP contribution >= 0.6 is 11.8 Å². The molecule has 1 heterocycles. The molecule has 4 nitrogen and oxygen atoms in total. The van der Waals surface area contributed by atoms with Gasteiger partial charge in [-0.25, -0.2) is 9.78 Å². The Kier molecular flexibility index (Phi) is 4.10. The van der Waals surface area contributed by atoms with E-state index in [9.17, 15) is 15.2 Å². The second kappa shape index (κ2) is 6.05. The largest absolute Gasteiger partial charge is 0.476 e. The van der Waals surface area contributed by atoms with Gasteiger partial charge in [0.05, 0.1) is 11.5 Å². The Balaban J connectivity index is 1.94. The Labute approximate surface area is 139 Å². The van der Waals surface area contributed by atoms with Crippen molar-refractivity contribution >= 4 is 17.7 Å². The van der Waals surface area contributed by atoms with Crippen molar-refractivity contribution in [3.63, 3.8) is 0 Å². The molecule has 0 spiro atoms. The third-order valence-corrected chi connectivity index (χ3v) is 5.00. The minimum atomic E-state index is -1.01. The molecule has 116 valence electrons. The van der Waals surface area contributed by atoms with Gasteiger partial charge in [-0.05, 0) is 35.8 Å². The van der Waals surface area contributed by atoms with E-state index in [0.717, 1.165) is 35.3 Å². The number of hydrogen-bond acceptors (Lipinski definition) is 4. The predicted molar refractivity (Wildman–Crippen MR) is 89.6 cm³/mol. The molecule has 0 unspecified atom stereocenters. The number of carboxylic acids is 1. The van der Waals surface area contributed by atoms with Crippen LogP contribution in [0.3, 0.4) is 0 Å². The minimum Gasteiger partial charge on any atom is -0.476 e. The molecule has 1 aromatic carbocycles. The van der Waals surface area contributed by atoms with E-state index in [1.54, 1.807) is 6.20 Å². The zero-order valence-electron chi connectivity index (χ0n) is 12.7. The number of aromatic carboxylic acids is 1. The predicted octanol–water partition coefficient (Wildman–Crippen LogP) is 4.11. The molecule has 0 saturated heterocycles. The molecule has 1 N–H and O–H groups in total. The van der Waals surface area contributed by atoms with Crippen LogP contribution in [-0.2, 0) is 5.41 Å². The molecule has 3 rings (SSSR count). The highest BCUT2D eigenvalue weighted by atomic mass is 32.2. The van der Waals surface area contributed by atoms with Gasteiger partial charge in [-0.3, -0.25) is 0 Å². The average molecular weight is 324 g/mol. The van der Waals surface area contributed by atoms with Crippen molar-refractivity contribution in [2.75, 3.05) is 5.75 Å². The van der Waals surface area contributed by atoms with Crippen LogP contribution in [0.2, 0.25) is 0 Å². The first kappa shape index (κ1) is 15.6. The maximum absolute atomic E-state index is 11.2. The molecule has 0 atom stereocenters. The van der Waals surface area contributed by atoms with Crippen LogP contribution in [0.4, 0.5) is 0 Å². The molecule has 0 aliphatic heterocycles. The van der Waals surface area contributed by atoms with E-state index < -0.39 is 5.97 Å². The summed E-state index contributed by atoms with van der Waals surface area (Å²) in [4.78, 5) is 16.0. The van der Waals surface area contributed by atoms with Crippen molar-refractivity contribution in [3.8, 4) is 17.2 Å². The smallest absolute Gasteiger partial charge is 0.355 e. The van der Waals surface area contributed by atoms with Crippen molar-refractivity contribution in [3.05, 3.63) is 47.8 Å². The summed E-state index contributed by atoms with van der Waals surface area (Å²) >= 11 is 1.47. The highest BCUT2D eigenvalue weighted by Crippen LogP contribution is 2.47. The summed E-state index contributed by atoms with van der Waals surface area (Å²) in [7, 11) is 0. The van der Waals surface area contributed by atoms with Crippen molar-refractivity contribution < 1.29 is 9.90 Å². The standard InChI is InChI=1S/C18H16N2O2S/c1-2-23-15-9-13(10-20-16(15)17(21)22)12-3-5-14(6-4-12)18(11-19)7-8-18/h3-6,9-10H,2,7-8H2,1H3,(H,21,22). The van der Waals surface area contributed by atoms with Gasteiger partial charge in [0, 0.05) is 16.7 Å². The van der Waals surface area contributed by atoms with E-state index >= 15 is 0 Å². The summed E-state index contributed by atoms with van der Waals surface area (Å²) in [5, 5.41) is 18.5. The molecular formula is C18H16N2O2S. The summed E-state index contributed by atoms with van der Waals surface area (Å²) in [6.45, 7) is 1.98. The zero-order valence-corrected chi connectivity index (χ0v) is 13.6. The molecule has 1 aliphatic rings. The van der Waals surface area contributed by atoms with Gasteiger partial charge in [0.15, 0.2) is 5.69 Å². The Morgan fingerprint density at radius 2 is 2.04 bits per heavy atom. The maximum Gasteiger partial charge on any atom is 0.355 e. The molecule has 1 aromatic heterocycles. The lowest BCUT2D eigenvalue weighted by atomic mass is 9.95. The lowest BCUT2D eigenvalue weighted by Crippen LogP contribution is -2.03. The number of thioether (sulfide) groups is 1. The van der Waals surface area contributed by atoms with Crippen molar-refractivity contribution in [1.29, 1.82) is 5.26 Å². The fourth-order valence-corrected chi connectivity index (χ4v) is 3.40. The molecule has 2 aromatic rings. The summed E-state index contributed by atoms with van der Waals surface area (Å²) in [6, 6.07) is 12.2. The Morgan fingerprint density at radius 1 is 1.35 bits per heavy atom. The third kappa shape index (κ3) is 2.95. The summed E-state index contributed by atoms with van der Waals surface area (Å²) in [6.07, 6.45) is 3.44. The quantitative estimate of drug-likeness (QED) is 0.838. The number of nitriles is 1. The number of aromatic nitrogens is 1. The number of benzene rings is 1. The van der Waals surface area contributed by atoms with Gasteiger partial charge in [0.25, 0.3) is 0 Å². The van der Waals surface area contributed by atoms with Crippen molar-refractivity contribution in [2.45, 2.75) is 30.1 Å². The van der Waals surface area contributed by atoms with E-state index in [-0.39, 0.29) is 11.1 Å². The highest BCUT2D eigenvalue weighted by molar-refractivity contribution is 7.99. The van der Waals surface area contributed by atoms with Crippen LogP contribution in [0.15, 0.2) is 41.4 Å². The van der Waals surface area contributed by atoms with E-state index in [1.807, 2.05) is 37.3 Å². The van der Waals surface area contributed by atoms with E-state index in [1.165, 1.54) is 11.8 Å². The van der Waals surface area contributed by atoms with E-state index in [2.05, 4.69) is 11.1 Å². The van der Waals surface area contributed by atoms with E-state index in [4.69, 9.17) is 0 Å². The number of carboxylic acid groups (broad SMARTS) is 1. The number of pyridine rings is 1. The molecule has 1 aliphatic carbocycles. The average Bonchev–Trinajstić information content (AvgIpc) is 3.36. The van der Waals surface area contributed by atoms with Crippen LogP contribution in [0.25, 0.3) is 11.1 Å². The molecule has 0 amide bonds. The lowest BCUT2D eigenvalue weighted by Gasteiger charge is -2.10. The van der Waals surface area contributed by atoms with Gasteiger partial charge < -0.3 is 5.11 Å². The van der Waals surface area contributed by atoms with Gasteiger partial charge in [-0.15, -0.1) is 11.8 Å². The first-order valence-electron chi connectivity index (χ1n) is 7.48. The fraction of sp³-hybridized carbons (Fsp3) is 0.278. The topological polar surface area (TPSA) is 74.0 Å². The Bertz CT molecular complexity index is 790. The summed E-state index contributed by atoms with van der Waals surface area (Å²) in [5.41, 5.74) is 2.73. The lowest BCUT2D eigenvalue weighted by molar-refractivity contribution is 0.0686. The zero-order chi connectivity index (χ0) is 16.4. The van der Waals surface area contributed by atoms with Crippen LogP contribution in [0.5, 0.6) is 0 Å². The molecule has 1 saturated carbocycles. The minimum absolute atomic E-state index is 0.0960. The van der Waals surface area contributed by atoms with Crippen LogP contribution in [-0.4, -0.2) is 21.8 Å². The van der Waals surface area contributed by atoms with Gasteiger partial charge in [0.2, 0.25) is 0 Å². The second-order valence-corrected chi connectivity index (χ2v) is 6.89. The number of hydrogen-bond donors (Lipinski definition) is 1. The Hall–Kier alpha value is -2.32. The molecule has 0 bridgehead atoms. The van der Waals surface area contributed by atoms with Gasteiger partial charge in [-0.2, -0.15) is 5.26 Å². The molecule has 23 heavy (non-hydrogen) atoms. The molecule has 1 fully saturated rings. The first-order valence-corrected chi connectivity index (χ1v) is 8.46.